The van der Waals surface area contributed by atoms with E-state index in [0.29, 0.717) is 0 Å². The first kappa shape index (κ1) is 34.7. The van der Waals surface area contributed by atoms with Crippen LogP contribution in [0.5, 0.6) is 0 Å². The fourth-order valence-electron chi connectivity index (χ4n) is 9.93. The molecule has 61 heavy (non-hydrogen) atoms. The molecule has 2 heterocycles. The van der Waals surface area contributed by atoms with E-state index in [4.69, 9.17) is 0 Å². The molecule has 0 bridgehead atoms. The SMILES string of the molecule is C(=Cc1ccc2c(c1)sc1c3cccc4c5c6ccc(/C=C(/Cc7ccc8ccccc8c7)c7ccccc7)cc6sc5c5cccc(c21)c5c34)c1ccc2ccccc2c1. The van der Waals surface area contributed by atoms with Gasteiger partial charge in [0.05, 0.1) is 0 Å². The Morgan fingerprint density at radius 1 is 0.361 bits per heavy atom. The Hall–Kier alpha value is -7.10. The average Bonchev–Trinajstić information content (AvgIpc) is 3.90. The van der Waals surface area contributed by atoms with Crippen molar-refractivity contribution in [2.24, 2.45) is 0 Å². The van der Waals surface area contributed by atoms with Crippen LogP contribution in [0.25, 0.3) is 118 Å². The highest BCUT2D eigenvalue weighted by atomic mass is 32.1. The molecule has 0 N–H and O–H groups in total. The molecule has 0 aliphatic carbocycles. The summed E-state index contributed by atoms with van der Waals surface area (Å²) in [7, 11) is 0. The van der Waals surface area contributed by atoms with Crippen molar-refractivity contribution < 1.29 is 0 Å². The van der Waals surface area contributed by atoms with Crippen LogP contribution >= 0.6 is 22.7 Å². The maximum absolute atomic E-state index is 2.42. The fourth-order valence-corrected chi connectivity index (χ4v) is 12.5. The quantitative estimate of drug-likeness (QED) is 0.116. The summed E-state index contributed by atoms with van der Waals surface area (Å²) < 4.78 is 5.41. The standard InChI is InChI=1S/C59H36S2/c1-2-10-40(11-3-1)45(32-38-23-27-42-13-5-7-15-44(42)31-38)33-39-25-29-47-53(35-39)61-59-51-19-8-16-48-54(51)55-49(57(47)59)17-9-18-50(55)58-56(48)46-28-24-37(34-52(46)60-58)21-20-36-22-26-41-12-4-6-14-43(41)30-36/h1-31,33-35H,32H2/b21-20?,45-33-. The van der Waals surface area contributed by atoms with Gasteiger partial charge >= 0.3 is 0 Å². The van der Waals surface area contributed by atoms with E-state index in [1.54, 1.807) is 0 Å². The fraction of sp³-hybridized carbons (Fsp3) is 0.0169. The van der Waals surface area contributed by atoms with Crippen LogP contribution in [0.1, 0.15) is 27.8 Å². The minimum Gasteiger partial charge on any atom is -0.134 e. The van der Waals surface area contributed by atoms with Gasteiger partial charge in [-0.05, 0) is 101 Å². The van der Waals surface area contributed by atoms with E-state index < -0.39 is 0 Å². The number of rotatable bonds is 6. The molecule has 11 aromatic carbocycles. The summed E-state index contributed by atoms with van der Waals surface area (Å²) in [5.41, 5.74) is 7.57. The van der Waals surface area contributed by atoms with Gasteiger partial charge in [-0.2, -0.15) is 0 Å². The summed E-state index contributed by atoms with van der Waals surface area (Å²) in [6.45, 7) is 0. The molecule has 0 saturated heterocycles. The Kier molecular flexibility index (Phi) is 7.81. The van der Waals surface area contributed by atoms with Crippen LogP contribution in [0.15, 0.2) is 188 Å². The van der Waals surface area contributed by atoms with E-state index in [-0.39, 0.29) is 0 Å². The Morgan fingerprint density at radius 3 is 1.52 bits per heavy atom. The molecule has 2 aromatic heterocycles. The molecule has 13 aromatic rings. The second-order valence-electron chi connectivity index (χ2n) is 16.4. The van der Waals surface area contributed by atoms with Crippen molar-refractivity contribution in [1.82, 2.24) is 0 Å². The Bertz CT molecular complexity index is 3950. The van der Waals surface area contributed by atoms with Gasteiger partial charge in [0.1, 0.15) is 0 Å². The monoisotopic (exact) mass is 808 g/mol. The highest BCUT2D eigenvalue weighted by Gasteiger charge is 2.22. The lowest BCUT2D eigenvalue weighted by Crippen LogP contribution is -1.92. The predicted octanol–water partition coefficient (Wildman–Crippen LogP) is 17.6. The van der Waals surface area contributed by atoms with Gasteiger partial charge in [0.2, 0.25) is 0 Å². The van der Waals surface area contributed by atoms with Gasteiger partial charge in [-0.3, -0.25) is 0 Å². The van der Waals surface area contributed by atoms with Crippen molar-refractivity contribution in [3.05, 3.63) is 216 Å². The molecule has 2 heteroatoms. The third kappa shape index (κ3) is 5.64. The Labute approximate surface area is 360 Å². The van der Waals surface area contributed by atoms with Crippen LogP contribution < -0.4 is 0 Å². The summed E-state index contributed by atoms with van der Waals surface area (Å²) in [4.78, 5) is 0. The molecule has 0 saturated carbocycles. The number of thiophene rings is 2. The molecule has 13 rings (SSSR count). The highest BCUT2D eigenvalue weighted by molar-refractivity contribution is 7.27. The lowest BCUT2D eigenvalue weighted by molar-refractivity contribution is 1.30. The highest BCUT2D eigenvalue weighted by Crippen LogP contribution is 2.52. The normalized spacial score (nSPS) is 12.7. The third-order valence-corrected chi connectivity index (χ3v) is 15.1. The zero-order chi connectivity index (χ0) is 40.0. The van der Waals surface area contributed by atoms with Crippen LogP contribution in [0, 0.1) is 0 Å². The van der Waals surface area contributed by atoms with Crippen molar-refractivity contribution in [3.63, 3.8) is 0 Å². The van der Waals surface area contributed by atoms with Crippen LogP contribution in [0.4, 0.5) is 0 Å². The first-order valence-corrected chi connectivity index (χ1v) is 22.7. The van der Waals surface area contributed by atoms with Gasteiger partial charge in [0.25, 0.3) is 0 Å². The number of fused-ring (bicyclic) bond motifs is 12. The van der Waals surface area contributed by atoms with Gasteiger partial charge in [-0.15, -0.1) is 22.7 Å². The Balaban J connectivity index is 0.953. The zero-order valence-electron chi connectivity index (χ0n) is 33.2. The van der Waals surface area contributed by atoms with Crippen LogP contribution in [-0.4, -0.2) is 0 Å². The molecule has 0 nitrogen and oxygen atoms in total. The molecule has 284 valence electrons. The molecule has 0 unspecified atom stereocenters. The van der Waals surface area contributed by atoms with Crippen LogP contribution in [-0.2, 0) is 6.42 Å². The number of hydrogen-bond acceptors (Lipinski definition) is 2. The van der Waals surface area contributed by atoms with E-state index in [1.165, 1.54) is 128 Å². The molecule has 0 aliphatic rings. The summed E-state index contributed by atoms with van der Waals surface area (Å²) >= 11 is 3.88. The average molecular weight is 809 g/mol. The Morgan fingerprint density at radius 2 is 0.869 bits per heavy atom. The summed E-state index contributed by atoms with van der Waals surface area (Å²) in [6.07, 6.45) is 7.76. The summed E-state index contributed by atoms with van der Waals surface area (Å²) in [6, 6.07) is 69.8. The zero-order valence-corrected chi connectivity index (χ0v) is 34.8. The molecular weight excluding hydrogens is 773 g/mol. The molecule has 0 atom stereocenters. The second kappa shape index (κ2) is 13.7. The maximum Gasteiger partial charge on any atom is 0.0440 e. The summed E-state index contributed by atoms with van der Waals surface area (Å²) in [5, 5.41) is 18.7. The van der Waals surface area contributed by atoms with Gasteiger partial charge in [-0.1, -0.05) is 188 Å². The number of hydrogen-bond donors (Lipinski definition) is 0. The molecule has 0 fully saturated rings. The topological polar surface area (TPSA) is 0 Å². The summed E-state index contributed by atoms with van der Waals surface area (Å²) in [5.74, 6) is 0. The number of allylic oxidation sites excluding steroid dienone is 1. The molecule has 0 amide bonds. The van der Waals surface area contributed by atoms with Gasteiger partial charge in [0, 0.05) is 51.1 Å². The molecular formula is C59H36S2. The molecule has 0 aliphatic heterocycles. The van der Waals surface area contributed by atoms with E-state index >= 15 is 0 Å². The predicted molar refractivity (Wildman–Crippen MR) is 271 cm³/mol. The van der Waals surface area contributed by atoms with Gasteiger partial charge < -0.3 is 0 Å². The first-order valence-electron chi connectivity index (χ1n) is 21.0. The second-order valence-corrected chi connectivity index (χ2v) is 18.5. The first-order chi connectivity index (χ1) is 30.2. The minimum absolute atomic E-state index is 0.863. The van der Waals surface area contributed by atoms with Crippen molar-refractivity contribution in [1.29, 1.82) is 0 Å². The lowest BCUT2D eigenvalue weighted by Gasteiger charge is -2.14. The van der Waals surface area contributed by atoms with Crippen LogP contribution in [0.2, 0.25) is 0 Å². The van der Waals surface area contributed by atoms with Crippen molar-refractivity contribution in [3.8, 4) is 0 Å². The molecule has 0 spiro atoms. The third-order valence-electron chi connectivity index (χ3n) is 12.8. The van der Waals surface area contributed by atoms with E-state index in [0.717, 1.165) is 6.42 Å². The largest absolute Gasteiger partial charge is 0.134 e. The van der Waals surface area contributed by atoms with E-state index in [9.17, 15) is 0 Å². The van der Waals surface area contributed by atoms with Crippen molar-refractivity contribution in [2.45, 2.75) is 6.42 Å². The number of benzene rings is 11. The molecule has 0 radical (unpaired) electrons. The van der Waals surface area contributed by atoms with E-state index in [1.807, 2.05) is 22.7 Å². The van der Waals surface area contributed by atoms with Gasteiger partial charge in [-0.25, -0.2) is 0 Å². The van der Waals surface area contributed by atoms with Crippen LogP contribution in [0.3, 0.4) is 0 Å². The van der Waals surface area contributed by atoms with Crippen molar-refractivity contribution >= 4 is 141 Å². The minimum atomic E-state index is 0.863. The van der Waals surface area contributed by atoms with Gasteiger partial charge in [0.15, 0.2) is 0 Å². The lowest BCUT2D eigenvalue weighted by atomic mass is 9.89. The van der Waals surface area contributed by atoms with E-state index in [2.05, 4.69) is 206 Å². The van der Waals surface area contributed by atoms with Crippen molar-refractivity contribution in [2.75, 3.05) is 0 Å². The maximum atomic E-state index is 2.42. The smallest absolute Gasteiger partial charge is 0.0440 e.